The molecule has 0 heterocycles. The number of unbranched alkanes of at least 4 members (excludes halogenated alkanes) is 18. The van der Waals surface area contributed by atoms with E-state index in [2.05, 4.69) is 32.6 Å². The van der Waals surface area contributed by atoms with Crippen LogP contribution in [0.1, 0.15) is 246 Å². The van der Waals surface area contributed by atoms with Crippen molar-refractivity contribution in [1.82, 2.24) is 4.90 Å². The van der Waals surface area contributed by atoms with Crippen LogP contribution in [-0.2, 0) is 38.1 Å². The molecule has 1 rings (SSSR count). The molecule has 2 atom stereocenters. The fourth-order valence-corrected chi connectivity index (χ4v) is 8.79. The van der Waals surface area contributed by atoms with Crippen molar-refractivity contribution in [3.63, 3.8) is 0 Å². The molecule has 2 unspecified atom stereocenters. The highest BCUT2D eigenvalue weighted by atomic mass is 16.6. The fraction of sp³-hybridized carbons (Fsp3) is 0.925. The number of esters is 4. The third-order valence-electron chi connectivity index (χ3n) is 13.0. The molecule has 0 aliphatic heterocycles. The molecule has 1 aliphatic rings. The van der Waals surface area contributed by atoms with Crippen LogP contribution >= 0.6 is 0 Å². The van der Waals surface area contributed by atoms with E-state index in [-0.39, 0.29) is 68.7 Å². The lowest BCUT2D eigenvalue weighted by Gasteiger charge is -2.37. The minimum Gasteiger partial charge on any atom is -0.465 e. The van der Waals surface area contributed by atoms with Crippen LogP contribution in [0.5, 0.6) is 0 Å². The zero-order valence-corrected chi connectivity index (χ0v) is 41.5. The molecule has 10 heteroatoms. The number of hydrogen-bond donors (Lipinski definition) is 1. The maximum atomic E-state index is 12.6. The number of aliphatic hydroxyl groups is 1. The number of aliphatic hydroxyl groups excluding tert-OH is 1. The van der Waals surface area contributed by atoms with Crippen LogP contribution in [-0.4, -0.2) is 86.0 Å². The first-order chi connectivity index (χ1) is 30.8. The number of carbonyl (C=O) groups excluding carboxylic acids is 4. The zero-order chi connectivity index (χ0) is 46.0. The maximum absolute atomic E-state index is 12.6. The lowest BCUT2D eigenvalue weighted by molar-refractivity contribution is -0.151. The second kappa shape index (κ2) is 42.4. The van der Waals surface area contributed by atoms with Gasteiger partial charge in [-0.25, -0.2) is 0 Å². The largest absolute Gasteiger partial charge is 0.465 e. The first-order valence-corrected chi connectivity index (χ1v) is 26.7. The quantitative estimate of drug-likeness (QED) is 0.0358. The smallest absolute Gasteiger partial charge is 0.305 e. The Morgan fingerprint density at radius 1 is 0.460 bits per heavy atom. The van der Waals surface area contributed by atoms with Crippen LogP contribution < -0.4 is 0 Å². The van der Waals surface area contributed by atoms with Gasteiger partial charge >= 0.3 is 23.9 Å². The molecule has 0 aromatic rings. The van der Waals surface area contributed by atoms with E-state index < -0.39 is 0 Å². The molecule has 0 aromatic carbocycles. The van der Waals surface area contributed by atoms with Crippen LogP contribution in [0.25, 0.3) is 0 Å². The molecule has 1 fully saturated rings. The van der Waals surface area contributed by atoms with Gasteiger partial charge in [-0.15, -0.1) is 0 Å². The lowest BCUT2D eigenvalue weighted by Crippen LogP contribution is -2.40. The van der Waals surface area contributed by atoms with Gasteiger partial charge in [-0.2, -0.15) is 0 Å². The van der Waals surface area contributed by atoms with Gasteiger partial charge in [0.2, 0.25) is 0 Å². The number of nitrogens with zero attached hydrogens (tertiary/aromatic N) is 1. The van der Waals surface area contributed by atoms with Crippen molar-refractivity contribution < 1.29 is 43.2 Å². The van der Waals surface area contributed by atoms with Crippen molar-refractivity contribution in [1.29, 1.82) is 0 Å². The number of hydrogen-bond acceptors (Lipinski definition) is 10. The minimum absolute atomic E-state index is 0.0257. The molecule has 0 radical (unpaired) electrons. The average molecular weight is 894 g/mol. The summed E-state index contributed by atoms with van der Waals surface area (Å²) in [7, 11) is 0. The summed E-state index contributed by atoms with van der Waals surface area (Å²) in [6.07, 6.45) is 33.2. The van der Waals surface area contributed by atoms with Crippen LogP contribution in [0.2, 0.25) is 0 Å². The molecule has 0 spiro atoms. The Hall–Kier alpha value is -2.20. The molecule has 370 valence electrons. The summed E-state index contributed by atoms with van der Waals surface area (Å²) in [6, 6.07) is 0.426. The Bertz CT molecular complexity index is 970. The predicted octanol–water partition coefficient (Wildman–Crippen LogP) is 13.0. The first kappa shape index (κ1) is 58.8. The second-order valence-electron chi connectivity index (χ2n) is 19.0. The van der Waals surface area contributed by atoms with Crippen LogP contribution in [0.4, 0.5) is 0 Å². The standard InChI is InChI=1S/C53H99NO9/c1-5-9-13-17-21-34-50(56)60-42-47(43-61-51(57)35-22-18-14-10-6-2)30-25-27-38-54(49-33-29-32-46(40-49)41-55)39-28-26-31-48(44-62-52(58)36-23-19-15-11-7-3)45-63-53(59)37-24-20-16-12-8-4/h46-49,55H,5-45H2,1-4H3. The summed E-state index contributed by atoms with van der Waals surface area (Å²) in [5.74, 6) is -0.343. The summed E-state index contributed by atoms with van der Waals surface area (Å²) in [6.45, 7) is 12.0. The Morgan fingerprint density at radius 3 is 1.11 bits per heavy atom. The van der Waals surface area contributed by atoms with Gasteiger partial charge in [0, 0.05) is 50.2 Å². The second-order valence-corrected chi connectivity index (χ2v) is 19.0. The fourth-order valence-electron chi connectivity index (χ4n) is 8.79. The van der Waals surface area contributed by atoms with Crippen molar-refractivity contribution in [3.8, 4) is 0 Å². The van der Waals surface area contributed by atoms with Gasteiger partial charge in [0.1, 0.15) is 0 Å². The number of carbonyl (C=O) groups is 4. The molecule has 0 saturated heterocycles. The lowest BCUT2D eigenvalue weighted by atomic mass is 9.85. The van der Waals surface area contributed by atoms with Gasteiger partial charge in [-0.05, 0) is 89.6 Å². The summed E-state index contributed by atoms with van der Waals surface area (Å²) < 4.78 is 23.0. The van der Waals surface area contributed by atoms with Gasteiger partial charge in [-0.1, -0.05) is 150 Å². The van der Waals surface area contributed by atoms with Crippen molar-refractivity contribution >= 4 is 23.9 Å². The van der Waals surface area contributed by atoms with Gasteiger partial charge in [-0.3, -0.25) is 19.2 Å². The number of rotatable bonds is 44. The van der Waals surface area contributed by atoms with Crippen molar-refractivity contribution in [2.24, 2.45) is 17.8 Å². The summed E-state index contributed by atoms with van der Waals surface area (Å²) in [5, 5.41) is 10.1. The average Bonchev–Trinajstić information content (AvgIpc) is 3.29. The van der Waals surface area contributed by atoms with Crippen LogP contribution in [0.15, 0.2) is 0 Å². The molecule has 10 nitrogen and oxygen atoms in total. The van der Waals surface area contributed by atoms with Crippen LogP contribution in [0, 0.1) is 17.8 Å². The van der Waals surface area contributed by atoms with Gasteiger partial charge in [0.25, 0.3) is 0 Å². The van der Waals surface area contributed by atoms with E-state index in [0.29, 0.717) is 37.6 Å². The zero-order valence-electron chi connectivity index (χ0n) is 41.5. The van der Waals surface area contributed by atoms with Gasteiger partial charge in [0.05, 0.1) is 26.4 Å². The van der Waals surface area contributed by atoms with Gasteiger partial charge < -0.3 is 29.0 Å². The van der Waals surface area contributed by atoms with Gasteiger partial charge in [0.15, 0.2) is 0 Å². The molecular formula is C53H99NO9. The third-order valence-corrected chi connectivity index (χ3v) is 13.0. The van der Waals surface area contributed by atoms with E-state index in [1.54, 1.807) is 0 Å². The summed E-state index contributed by atoms with van der Waals surface area (Å²) in [4.78, 5) is 53.1. The highest BCUT2D eigenvalue weighted by molar-refractivity contribution is 5.70. The molecule has 0 aromatic heterocycles. The SMILES string of the molecule is CCCCCCCC(=O)OCC(CCCCN(CCCCC(COC(=O)CCCCCCC)COC(=O)CCCCCCC)C1CCCC(CO)C1)COC(=O)CCCCCCC. The van der Waals surface area contributed by atoms with E-state index >= 15 is 0 Å². The third kappa shape index (κ3) is 34.8. The highest BCUT2D eigenvalue weighted by Gasteiger charge is 2.26. The number of ether oxygens (including phenoxy) is 4. The topological polar surface area (TPSA) is 129 Å². The van der Waals surface area contributed by atoms with E-state index in [9.17, 15) is 24.3 Å². The van der Waals surface area contributed by atoms with Crippen molar-refractivity contribution in [2.45, 2.75) is 252 Å². The summed E-state index contributed by atoms with van der Waals surface area (Å²) in [5.41, 5.74) is 0. The monoisotopic (exact) mass is 894 g/mol. The molecule has 63 heavy (non-hydrogen) atoms. The summed E-state index contributed by atoms with van der Waals surface area (Å²) >= 11 is 0. The van der Waals surface area contributed by atoms with E-state index in [1.807, 2.05) is 0 Å². The van der Waals surface area contributed by atoms with E-state index in [1.165, 1.54) is 51.4 Å². The van der Waals surface area contributed by atoms with Crippen molar-refractivity contribution in [3.05, 3.63) is 0 Å². The Kier molecular flexibility index (Phi) is 39.6. The van der Waals surface area contributed by atoms with E-state index in [0.717, 1.165) is 154 Å². The minimum atomic E-state index is -0.158. The molecule has 0 amide bonds. The van der Waals surface area contributed by atoms with Crippen molar-refractivity contribution in [2.75, 3.05) is 46.1 Å². The normalized spacial score (nSPS) is 15.3. The Balaban J connectivity index is 2.82. The highest BCUT2D eigenvalue weighted by Crippen LogP contribution is 2.29. The Morgan fingerprint density at radius 2 is 0.794 bits per heavy atom. The van der Waals surface area contributed by atoms with Crippen LogP contribution in [0.3, 0.4) is 0 Å². The molecular weight excluding hydrogens is 795 g/mol. The molecule has 0 bridgehead atoms. The molecule has 1 saturated carbocycles. The Labute approximate surface area is 386 Å². The predicted molar refractivity (Wildman–Crippen MR) is 256 cm³/mol. The molecule has 1 N–H and O–H groups in total. The molecule has 1 aliphatic carbocycles. The van der Waals surface area contributed by atoms with E-state index in [4.69, 9.17) is 18.9 Å². The maximum Gasteiger partial charge on any atom is 0.305 e. The first-order valence-electron chi connectivity index (χ1n) is 26.7.